The van der Waals surface area contributed by atoms with Crippen molar-refractivity contribution in [3.63, 3.8) is 0 Å². The van der Waals surface area contributed by atoms with Gasteiger partial charge in [-0.1, -0.05) is 54.6 Å². The number of hydrogen-bond donors (Lipinski definition) is 1. The highest BCUT2D eigenvalue weighted by atomic mass is 19.4. The van der Waals surface area contributed by atoms with Gasteiger partial charge in [-0.05, 0) is 60.7 Å². The maximum absolute atomic E-state index is 12.4. The summed E-state index contributed by atoms with van der Waals surface area (Å²) in [6.07, 6.45) is -3.18. The van der Waals surface area contributed by atoms with Gasteiger partial charge in [0.15, 0.2) is 0 Å². The summed E-state index contributed by atoms with van der Waals surface area (Å²) in [5, 5.41) is 6.04. The molecule has 0 spiro atoms. The minimum absolute atomic E-state index is 0.168. The monoisotopic (exact) mass is 387 g/mol. The van der Waals surface area contributed by atoms with E-state index in [2.05, 4.69) is 54.2 Å². The maximum atomic E-state index is 12.4. The van der Waals surface area contributed by atoms with Gasteiger partial charge < -0.3 is 10.1 Å². The standard InChI is InChI=1S/C23H24F3NO/c1-16(13-14-18-7-5-10-20(15-18)28-23(24,25)26)27-17(2)21-12-6-9-19-8-3-4-11-22(19)21/h3-12,15-17,27H,13-14H2,1-2H3. The van der Waals surface area contributed by atoms with Crippen LogP contribution < -0.4 is 10.1 Å². The molecule has 0 saturated carbocycles. The number of halogens is 3. The maximum Gasteiger partial charge on any atom is 0.573 e. The molecule has 0 aliphatic carbocycles. The van der Waals surface area contributed by atoms with E-state index < -0.39 is 6.36 Å². The summed E-state index contributed by atoms with van der Waals surface area (Å²) in [6.45, 7) is 4.23. The van der Waals surface area contributed by atoms with Gasteiger partial charge >= 0.3 is 6.36 Å². The zero-order valence-electron chi connectivity index (χ0n) is 16.0. The number of alkyl halides is 3. The summed E-state index contributed by atoms with van der Waals surface area (Å²) in [5.74, 6) is -0.172. The summed E-state index contributed by atoms with van der Waals surface area (Å²) >= 11 is 0. The molecule has 2 unspecified atom stereocenters. The van der Waals surface area contributed by atoms with Crippen molar-refractivity contribution < 1.29 is 17.9 Å². The molecule has 2 nitrogen and oxygen atoms in total. The molecule has 0 saturated heterocycles. The molecule has 3 aromatic rings. The van der Waals surface area contributed by atoms with Gasteiger partial charge in [-0.3, -0.25) is 0 Å². The summed E-state index contributed by atoms with van der Waals surface area (Å²) in [5.41, 5.74) is 2.07. The van der Waals surface area contributed by atoms with Crippen molar-refractivity contribution in [2.45, 2.75) is 45.1 Å². The number of aryl methyl sites for hydroxylation is 1. The van der Waals surface area contributed by atoms with E-state index in [9.17, 15) is 13.2 Å². The van der Waals surface area contributed by atoms with Gasteiger partial charge in [0.05, 0.1) is 0 Å². The normalized spacial score (nSPS) is 14.0. The molecular formula is C23H24F3NO. The smallest absolute Gasteiger partial charge is 0.406 e. The Hall–Kier alpha value is -2.53. The van der Waals surface area contributed by atoms with Crippen molar-refractivity contribution in [3.05, 3.63) is 77.9 Å². The van der Waals surface area contributed by atoms with Crippen molar-refractivity contribution in [2.75, 3.05) is 0 Å². The fourth-order valence-corrected chi connectivity index (χ4v) is 3.51. The summed E-state index contributed by atoms with van der Waals surface area (Å²) in [6, 6.07) is 21.2. The third kappa shape index (κ3) is 5.49. The lowest BCUT2D eigenvalue weighted by Crippen LogP contribution is -2.29. The van der Waals surface area contributed by atoms with Crippen LogP contribution >= 0.6 is 0 Å². The quantitative estimate of drug-likeness (QED) is 0.506. The van der Waals surface area contributed by atoms with Gasteiger partial charge in [0.1, 0.15) is 5.75 Å². The Bertz CT molecular complexity index is 918. The molecule has 0 aliphatic heterocycles. The van der Waals surface area contributed by atoms with Crippen LogP contribution in [0.3, 0.4) is 0 Å². The van der Waals surface area contributed by atoms with Gasteiger partial charge in [0.2, 0.25) is 0 Å². The second kappa shape index (κ2) is 8.65. The molecule has 148 valence electrons. The SMILES string of the molecule is CC(CCc1cccc(OC(F)(F)F)c1)NC(C)c1cccc2ccccc12. The topological polar surface area (TPSA) is 21.3 Å². The molecule has 0 radical (unpaired) electrons. The van der Waals surface area contributed by atoms with Gasteiger partial charge in [-0.2, -0.15) is 0 Å². The predicted molar refractivity (Wildman–Crippen MR) is 106 cm³/mol. The van der Waals surface area contributed by atoms with E-state index >= 15 is 0 Å². The number of hydrogen-bond acceptors (Lipinski definition) is 2. The van der Waals surface area contributed by atoms with Crippen LogP contribution in [0.25, 0.3) is 10.8 Å². The molecule has 2 atom stereocenters. The Labute approximate surface area is 163 Å². The van der Waals surface area contributed by atoms with E-state index in [-0.39, 0.29) is 17.8 Å². The van der Waals surface area contributed by atoms with Gasteiger partial charge in [0, 0.05) is 12.1 Å². The molecule has 3 rings (SSSR count). The average Bonchev–Trinajstić information content (AvgIpc) is 2.65. The van der Waals surface area contributed by atoms with Crippen LogP contribution in [0.1, 0.15) is 37.4 Å². The van der Waals surface area contributed by atoms with Crippen molar-refractivity contribution >= 4 is 10.8 Å². The molecular weight excluding hydrogens is 363 g/mol. The Morgan fingerprint density at radius 2 is 1.64 bits per heavy atom. The highest BCUT2D eigenvalue weighted by Crippen LogP contribution is 2.26. The lowest BCUT2D eigenvalue weighted by Gasteiger charge is -2.22. The van der Waals surface area contributed by atoms with Crippen LogP contribution in [-0.4, -0.2) is 12.4 Å². The largest absolute Gasteiger partial charge is 0.573 e. The molecule has 5 heteroatoms. The Balaban J connectivity index is 1.60. The third-order valence-electron chi connectivity index (χ3n) is 4.82. The predicted octanol–water partition coefficient (Wildman–Crippen LogP) is 6.41. The first kappa shape index (κ1) is 20.2. The van der Waals surface area contributed by atoms with Gasteiger partial charge in [0.25, 0.3) is 0 Å². The van der Waals surface area contributed by atoms with Crippen molar-refractivity contribution in [1.82, 2.24) is 5.32 Å². The van der Waals surface area contributed by atoms with Crippen molar-refractivity contribution in [2.24, 2.45) is 0 Å². The minimum atomic E-state index is -4.67. The molecule has 0 aromatic heterocycles. The lowest BCUT2D eigenvalue weighted by molar-refractivity contribution is -0.274. The fraction of sp³-hybridized carbons (Fsp3) is 0.304. The summed E-state index contributed by atoms with van der Waals surface area (Å²) in [4.78, 5) is 0. The van der Waals surface area contributed by atoms with Gasteiger partial charge in [-0.15, -0.1) is 13.2 Å². The zero-order valence-corrected chi connectivity index (χ0v) is 16.0. The van der Waals surface area contributed by atoms with Gasteiger partial charge in [-0.25, -0.2) is 0 Å². The molecule has 3 aromatic carbocycles. The van der Waals surface area contributed by atoms with Crippen LogP contribution in [-0.2, 0) is 6.42 Å². The fourth-order valence-electron chi connectivity index (χ4n) is 3.51. The molecule has 0 fully saturated rings. The van der Waals surface area contributed by atoms with E-state index in [1.807, 2.05) is 18.2 Å². The number of nitrogens with one attached hydrogen (secondary N) is 1. The average molecular weight is 387 g/mol. The highest BCUT2D eigenvalue weighted by Gasteiger charge is 2.31. The van der Waals surface area contributed by atoms with Crippen molar-refractivity contribution in [1.29, 1.82) is 0 Å². The number of rotatable bonds is 7. The van der Waals surface area contributed by atoms with E-state index in [1.54, 1.807) is 6.07 Å². The first-order valence-electron chi connectivity index (χ1n) is 9.40. The Morgan fingerprint density at radius 3 is 2.43 bits per heavy atom. The first-order chi connectivity index (χ1) is 13.3. The Morgan fingerprint density at radius 1 is 0.929 bits per heavy atom. The zero-order chi connectivity index (χ0) is 20.1. The summed E-state index contributed by atoms with van der Waals surface area (Å²) in [7, 11) is 0. The molecule has 0 amide bonds. The van der Waals surface area contributed by atoms with Crippen LogP contribution in [0.5, 0.6) is 5.75 Å². The minimum Gasteiger partial charge on any atom is -0.406 e. The first-order valence-corrected chi connectivity index (χ1v) is 9.40. The molecule has 0 heterocycles. The third-order valence-corrected chi connectivity index (χ3v) is 4.82. The number of fused-ring (bicyclic) bond motifs is 1. The molecule has 0 bridgehead atoms. The second-order valence-electron chi connectivity index (χ2n) is 7.09. The van der Waals surface area contributed by atoms with Crippen LogP contribution in [0.4, 0.5) is 13.2 Å². The van der Waals surface area contributed by atoms with E-state index in [0.29, 0.717) is 6.42 Å². The van der Waals surface area contributed by atoms with E-state index in [0.717, 1.165) is 12.0 Å². The second-order valence-corrected chi connectivity index (χ2v) is 7.09. The Kier molecular flexibility index (Phi) is 6.25. The molecule has 1 N–H and O–H groups in total. The van der Waals surface area contributed by atoms with Crippen LogP contribution in [0.2, 0.25) is 0 Å². The molecule has 28 heavy (non-hydrogen) atoms. The van der Waals surface area contributed by atoms with Crippen molar-refractivity contribution in [3.8, 4) is 5.75 Å². The summed E-state index contributed by atoms with van der Waals surface area (Å²) < 4.78 is 41.1. The number of benzene rings is 3. The lowest BCUT2D eigenvalue weighted by atomic mass is 9.98. The van der Waals surface area contributed by atoms with E-state index in [4.69, 9.17) is 0 Å². The molecule has 0 aliphatic rings. The van der Waals surface area contributed by atoms with E-state index in [1.165, 1.54) is 28.5 Å². The number of ether oxygens (including phenoxy) is 1. The van der Waals surface area contributed by atoms with Crippen LogP contribution in [0, 0.1) is 0 Å². The van der Waals surface area contributed by atoms with Crippen LogP contribution in [0.15, 0.2) is 66.7 Å². The highest BCUT2D eigenvalue weighted by molar-refractivity contribution is 5.86.